The second-order valence-electron chi connectivity index (χ2n) is 5.61. The average molecular weight is 236 g/mol. The summed E-state index contributed by atoms with van der Waals surface area (Å²) < 4.78 is 0. The van der Waals surface area contributed by atoms with Crippen molar-refractivity contribution in [2.75, 3.05) is 13.1 Å². The van der Waals surface area contributed by atoms with Crippen LogP contribution in [0, 0.1) is 24.2 Å². The molecular weight excluding hydrogens is 212 g/mol. The number of amides is 1. The zero-order chi connectivity index (χ0) is 12.9. The molecule has 1 aliphatic heterocycles. The van der Waals surface area contributed by atoms with Gasteiger partial charge in [0.25, 0.3) is 0 Å². The largest absolute Gasteiger partial charge is 0.340 e. The number of rotatable bonds is 4. The summed E-state index contributed by atoms with van der Waals surface area (Å²) in [5.41, 5.74) is -0.540. The SMILES string of the molecule is C#CC(C)(C)NC(=O)CC(C)C1CCCNC1. The molecule has 0 aromatic carbocycles. The Kier molecular flexibility index (Phi) is 5.02. The maximum Gasteiger partial charge on any atom is 0.221 e. The number of carbonyl (C=O) groups is 1. The van der Waals surface area contributed by atoms with E-state index in [2.05, 4.69) is 23.5 Å². The van der Waals surface area contributed by atoms with Gasteiger partial charge >= 0.3 is 0 Å². The summed E-state index contributed by atoms with van der Waals surface area (Å²) in [5, 5.41) is 6.26. The second-order valence-corrected chi connectivity index (χ2v) is 5.61. The Labute approximate surface area is 105 Å². The van der Waals surface area contributed by atoms with E-state index >= 15 is 0 Å². The van der Waals surface area contributed by atoms with Crippen molar-refractivity contribution in [1.29, 1.82) is 0 Å². The molecule has 1 fully saturated rings. The zero-order valence-corrected chi connectivity index (χ0v) is 11.2. The first-order chi connectivity index (χ1) is 7.94. The highest BCUT2D eigenvalue weighted by molar-refractivity contribution is 5.77. The predicted molar refractivity (Wildman–Crippen MR) is 70.4 cm³/mol. The molecule has 1 saturated heterocycles. The fourth-order valence-electron chi connectivity index (χ4n) is 2.26. The van der Waals surface area contributed by atoms with Crippen LogP contribution in [0.5, 0.6) is 0 Å². The van der Waals surface area contributed by atoms with Crippen LogP contribution in [-0.2, 0) is 4.79 Å². The Balaban J connectivity index is 2.37. The van der Waals surface area contributed by atoms with Gasteiger partial charge in [-0.25, -0.2) is 0 Å². The molecule has 0 bridgehead atoms. The van der Waals surface area contributed by atoms with Gasteiger partial charge in [0, 0.05) is 6.42 Å². The molecule has 1 amide bonds. The van der Waals surface area contributed by atoms with Gasteiger partial charge in [-0.1, -0.05) is 12.8 Å². The molecule has 1 aliphatic rings. The minimum atomic E-state index is -0.540. The highest BCUT2D eigenvalue weighted by atomic mass is 16.1. The molecule has 2 atom stereocenters. The summed E-state index contributed by atoms with van der Waals surface area (Å²) in [6.45, 7) is 7.99. The summed E-state index contributed by atoms with van der Waals surface area (Å²) in [5.74, 6) is 3.67. The van der Waals surface area contributed by atoms with Crippen LogP contribution in [0.1, 0.15) is 40.0 Å². The maximum atomic E-state index is 11.8. The van der Waals surface area contributed by atoms with Crippen LogP contribution in [0.4, 0.5) is 0 Å². The van der Waals surface area contributed by atoms with E-state index in [1.54, 1.807) is 0 Å². The fourth-order valence-corrected chi connectivity index (χ4v) is 2.26. The summed E-state index contributed by atoms with van der Waals surface area (Å²) in [7, 11) is 0. The Hall–Kier alpha value is -1.01. The minimum absolute atomic E-state index is 0.0611. The Bertz CT molecular complexity index is 298. The lowest BCUT2D eigenvalue weighted by atomic mass is 9.85. The number of hydrogen-bond donors (Lipinski definition) is 2. The third-order valence-corrected chi connectivity index (χ3v) is 3.46. The van der Waals surface area contributed by atoms with Crippen molar-refractivity contribution in [2.24, 2.45) is 11.8 Å². The van der Waals surface area contributed by atoms with Crippen LogP contribution >= 0.6 is 0 Å². The summed E-state index contributed by atoms with van der Waals surface area (Å²) >= 11 is 0. The third-order valence-electron chi connectivity index (χ3n) is 3.46. The van der Waals surface area contributed by atoms with Crippen LogP contribution in [0.3, 0.4) is 0 Å². The summed E-state index contributed by atoms with van der Waals surface area (Å²) in [4.78, 5) is 11.8. The second kappa shape index (κ2) is 6.07. The molecule has 0 spiro atoms. The quantitative estimate of drug-likeness (QED) is 0.727. The van der Waals surface area contributed by atoms with E-state index in [0.29, 0.717) is 18.3 Å². The van der Waals surface area contributed by atoms with Crippen molar-refractivity contribution >= 4 is 5.91 Å². The van der Waals surface area contributed by atoms with Gasteiger partial charge < -0.3 is 10.6 Å². The van der Waals surface area contributed by atoms with E-state index in [9.17, 15) is 4.79 Å². The lowest BCUT2D eigenvalue weighted by Crippen LogP contribution is -2.43. The van der Waals surface area contributed by atoms with E-state index in [1.165, 1.54) is 12.8 Å². The topological polar surface area (TPSA) is 41.1 Å². The van der Waals surface area contributed by atoms with Crippen molar-refractivity contribution in [3.63, 3.8) is 0 Å². The van der Waals surface area contributed by atoms with E-state index in [4.69, 9.17) is 6.42 Å². The molecule has 2 N–H and O–H groups in total. The molecular formula is C14H24N2O. The minimum Gasteiger partial charge on any atom is -0.340 e. The lowest BCUT2D eigenvalue weighted by Gasteiger charge is -2.29. The van der Waals surface area contributed by atoms with E-state index in [-0.39, 0.29) is 5.91 Å². The van der Waals surface area contributed by atoms with Gasteiger partial charge in [-0.3, -0.25) is 4.79 Å². The third kappa shape index (κ3) is 4.79. The first-order valence-electron chi connectivity index (χ1n) is 6.44. The molecule has 0 saturated carbocycles. The normalized spacial score (nSPS) is 22.6. The Morgan fingerprint density at radius 2 is 2.35 bits per heavy atom. The molecule has 1 heterocycles. The first kappa shape index (κ1) is 14.1. The van der Waals surface area contributed by atoms with E-state index in [0.717, 1.165) is 13.1 Å². The van der Waals surface area contributed by atoms with Gasteiger partial charge in [0.15, 0.2) is 0 Å². The molecule has 0 radical (unpaired) electrons. The Morgan fingerprint density at radius 3 is 2.88 bits per heavy atom. The van der Waals surface area contributed by atoms with Crippen molar-refractivity contribution < 1.29 is 4.79 Å². The van der Waals surface area contributed by atoms with Gasteiger partial charge in [0.1, 0.15) is 0 Å². The van der Waals surface area contributed by atoms with Gasteiger partial charge in [-0.2, -0.15) is 0 Å². The summed E-state index contributed by atoms with van der Waals surface area (Å²) in [6, 6.07) is 0. The molecule has 0 aliphatic carbocycles. The van der Waals surface area contributed by atoms with Gasteiger partial charge in [0.2, 0.25) is 5.91 Å². The average Bonchev–Trinajstić information content (AvgIpc) is 2.29. The molecule has 2 unspecified atom stereocenters. The molecule has 0 aromatic heterocycles. The molecule has 0 aromatic rings. The van der Waals surface area contributed by atoms with Gasteiger partial charge in [-0.15, -0.1) is 6.42 Å². The number of carbonyl (C=O) groups excluding carboxylic acids is 1. The standard InChI is InChI=1S/C14H24N2O/c1-5-14(3,4)16-13(17)9-11(2)12-7-6-8-15-10-12/h1,11-12,15H,6-10H2,2-4H3,(H,16,17). The number of nitrogens with one attached hydrogen (secondary N) is 2. The molecule has 3 heteroatoms. The Morgan fingerprint density at radius 1 is 1.65 bits per heavy atom. The van der Waals surface area contributed by atoms with Crippen molar-refractivity contribution in [2.45, 2.75) is 45.6 Å². The summed E-state index contributed by atoms with van der Waals surface area (Å²) in [6.07, 6.45) is 8.36. The number of terminal acetylenes is 1. The number of hydrogen-bond acceptors (Lipinski definition) is 2. The fraction of sp³-hybridized carbons (Fsp3) is 0.786. The van der Waals surface area contributed by atoms with Crippen LogP contribution in [0.15, 0.2) is 0 Å². The van der Waals surface area contributed by atoms with Crippen molar-refractivity contribution in [1.82, 2.24) is 10.6 Å². The molecule has 3 nitrogen and oxygen atoms in total. The first-order valence-corrected chi connectivity index (χ1v) is 6.44. The van der Waals surface area contributed by atoms with E-state index < -0.39 is 5.54 Å². The van der Waals surface area contributed by atoms with Gasteiger partial charge in [-0.05, 0) is 51.6 Å². The monoisotopic (exact) mass is 236 g/mol. The van der Waals surface area contributed by atoms with Crippen LogP contribution in [0.25, 0.3) is 0 Å². The lowest BCUT2D eigenvalue weighted by molar-refractivity contribution is -0.123. The molecule has 17 heavy (non-hydrogen) atoms. The zero-order valence-electron chi connectivity index (χ0n) is 11.2. The van der Waals surface area contributed by atoms with Gasteiger partial charge in [0.05, 0.1) is 5.54 Å². The highest BCUT2D eigenvalue weighted by Gasteiger charge is 2.24. The predicted octanol–water partition coefficient (Wildman–Crippen LogP) is 1.54. The molecule has 1 rings (SSSR count). The molecule has 96 valence electrons. The van der Waals surface area contributed by atoms with Crippen molar-refractivity contribution in [3.8, 4) is 12.3 Å². The van der Waals surface area contributed by atoms with Crippen LogP contribution in [0.2, 0.25) is 0 Å². The highest BCUT2D eigenvalue weighted by Crippen LogP contribution is 2.22. The van der Waals surface area contributed by atoms with Crippen LogP contribution < -0.4 is 10.6 Å². The van der Waals surface area contributed by atoms with E-state index in [1.807, 2.05) is 13.8 Å². The maximum absolute atomic E-state index is 11.8. The van der Waals surface area contributed by atoms with Crippen LogP contribution in [-0.4, -0.2) is 24.5 Å². The van der Waals surface area contributed by atoms with Crippen molar-refractivity contribution in [3.05, 3.63) is 0 Å². The smallest absolute Gasteiger partial charge is 0.221 e. The number of piperidine rings is 1.